The molecule has 3 amide bonds. The molecule has 1 aliphatic rings. The summed E-state index contributed by atoms with van der Waals surface area (Å²) in [6.07, 6.45) is -0.517. The van der Waals surface area contributed by atoms with E-state index >= 15 is 0 Å². The molecule has 0 saturated carbocycles. The van der Waals surface area contributed by atoms with Crippen molar-refractivity contribution < 1.29 is 32.6 Å². The minimum Gasteiger partial charge on any atom is -0.492 e. The number of carbonyl (C=O) groups is 3. The summed E-state index contributed by atoms with van der Waals surface area (Å²) in [6.45, 7) is 3.15. The predicted octanol–water partition coefficient (Wildman–Crippen LogP) is 3.21. The first-order chi connectivity index (χ1) is 15.3. The summed E-state index contributed by atoms with van der Waals surface area (Å²) >= 11 is 0. The third-order valence-corrected chi connectivity index (χ3v) is 4.81. The number of hydrogen-bond acceptors (Lipinski definition) is 5. The van der Waals surface area contributed by atoms with Gasteiger partial charge >= 0.3 is 6.09 Å². The van der Waals surface area contributed by atoms with Crippen LogP contribution >= 0.6 is 0 Å². The molecule has 170 valence electrons. The van der Waals surface area contributed by atoms with Gasteiger partial charge < -0.3 is 25.4 Å². The van der Waals surface area contributed by atoms with E-state index in [2.05, 4.69) is 16.0 Å². The zero-order chi connectivity index (χ0) is 23.3. The number of nitrogens with one attached hydrogen (secondary N) is 3. The average Bonchev–Trinajstić information content (AvgIpc) is 2.74. The Balaban J connectivity index is 1.75. The molecule has 32 heavy (non-hydrogen) atoms. The van der Waals surface area contributed by atoms with Crippen LogP contribution < -0.4 is 20.7 Å². The van der Waals surface area contributed by atoms with Gasteiger partial charge in [0.2, 0.25) is 5.91 Å². The summed E-state index contributed by atoms with van der Waals surface area (Å²) < 4.78 is 38.7. The third kappa shape index (κ3) is 5.51. The number of benzene rings is 2. The van der Waals surface area contributed by atoms with Crippen molar-refractivity contribution in [3.8, 4) is 5.75 Å². The number of aryl methyl sites for hydroxylation is 1. The lowest BCUT2D eigenvalue weighted by atomic mass is 9.96. The highest BCUT2D eigenvalue weighted by Gasteiger charge is 2.31. The summed E-state index contributed by atoms with van der Waals surface area (Å²) in [4.78, 5) is 35.7. The molecule has 0 bridgehead atoms. The van der Waals surface area contributed by atoms with E-state index in [9.17, 15) is 23.2 Å². The van der Waals surface area contributed by atoms with Gasteiger partial charge in [-0.3, -0.25) is 9.59 Å². The number of ether oxygens (including phenoxy) is 2. The van der Waals surface area contributed by atoms with Crippen LogP contribution in [0.2, 0.25) is 0 Å². The Labute approximate surface area is 183 Å². The van der Waals surface area contributed by atoms with E-state index in [1.165, 1.54) is 31.2 Å². The van der Waals surface area contributed by atoms with E-state index in [-0.39, 0.29) is 49.0 Å². The SMILES string of the molecule is CC(=O)NCCOC(=O)N[C@H]1CCOc2c(C(=O)Nc3ccc(F)c(C)c3)ccc(F)c21. The van der Waals surface area contributed by atoms with Crippen molar-refractivity contribution in [1.82, 2.24) is 10.6 Å². The number of hydrogen-bond donors (Lipinski definition) is 3. The molecule has 0 aromatic heterocycles. The number of halogens is 2. The Kier molecular flexibility index (Phi) is 7.24. The van der Waals surface area contributed by atoms with Crippen LogP contribution in [0.1, 0.15) is 40.9 Å². The third-order valence-electron chi connectivity index (χ3n) is 4.81. The van der Waals surface area contributed by atoms with Gasteiger partial charge in [0.25, 0.3) is 5.91 Å². The van der Waals surface area contributed by atoms with Crippen LogP contribution in [-0.2, 0) is 9.53 Å². The van der Waals surface area contributed by atoms with Crippen molar-refractivity contribution >= 4 is 23.6 Å². The Morgan fingerprint density at radius 1 is 1.16 bits per heavy atom. The van der Waals surface area contributed by atoms with Gasteiger partial charge in [0, 0.05) is 19.0 Å². The molecular formula is C22H23F2N3O5. The van der Waals surface area contributed by atoms with E-state index in [0.717, 1.165) is 6.07 Å². The fraction of sp³-hybridized carbons (Fsp3) is 0.318. The zero-order valence-electron chi connectivity index (χ0n) is 17.6. The van der Waals surface area contributed by atoms with Crippen LogP contribution in [0, 0.1) is 18.6 Å². The van der Waals surface area contributed by atoms with E-state index < -0.39 is 29.7 Å². The molecule has 10 heteroatoms. The maximum absolute atomic E-state index is 14.6. The van der Waals surface area contributed by atoms with Crippen molar-refractivity contribution in [2.45, 2.75) is 26.3 Å². The second-order valence-corrected chi connectivity index (χ2v) is 7.21. The normalized spacial score (nSPS) is 14.6. The summed E-state index contributed by atoms with van der Waals surface area (Å²) in [7, 11) is 0. The average molecular weight is 447 g/mol. The van der Waals surface area contributed by atoms with Gasteiger partial charge in [-0.15, -0.1) is 0 Å². The molecule has 3 rings (SSSR count). The molecule has 0 fully saturated rings. The number of amides is 3. The topological polar surface area (TPSA) is 106 Å². The fourth-order valence-electron chi connectivity index (χ4n) is 3.28. The molecule has 3 N–H and O–H groups in total. The Morgan fingerprint density at radius 2 is 1.91 bits per heavy atom. The maximum atomic E-state index is 14.6. The first kappa shape index (κ1) is 23.0. The molecule has 1 heterocycles. The van der Waals surface area contributed by atoms with E-state index in [4.69, 9.17) is 9.47 Å². The summed E-state index contributed by atoms with van der Waals surface area (Å²) in [5.41, 5.74) is 0.855. The molecular weight excluding hydrogens is 424 g/mol. The highest BCUT2D eigenvalue weighted by molar-refractivity contribution is 6.06. The lowest BCUT2D eigenvalue weighted by Crippen LogP contribution is -2.35. The van der Waals surface area contributed by atoms with Crippen molar-refractivity contribution in [3.63, 3.8) is 0 Å². The van der Waals surface area contributed by atoms with Crippen LogP contribution in [0.15, 0.2) is 30.3 Å². The van der Waals surface area contributed by atoms with Crippen LogP contribution in [0.25, 0.3) is 0 Å². The predicted molar refractivity (Wildman–Crippen MR) is 112 cm³/mol. The molecule has 0 unspecified atom stereocenters. The Bertz CT molecular complexity index is 1040. The minimum atomic E-state index is -0.788. The summed E-state index contributed by atoms with van der Waals surface area (Å²) in [5.74, 6) is -1.83. The van der Waals surface area contributed by atoms with Crippen molar-refractivity contribution in [2.75, 3.05) is 25.1 Å². The van der Waals surface area contributed by atoms with Crippen LogP contribution in [0.5, 0.6) is 5.75 Å². The first-order valence-corrected chi connectivity index (χ1v) is 9.96. The molecule has 0 radical (unpaired) electrons. The molecule has 1 atom stereocenters. The van der Waals surface area contributed by atoms with Gasteiger partial charge in [-0.05, 0) is 42.8 Å². The van der Waals surface area contributed by atoms with E-state index in [1.807, 2.05) is 0 Å². The monoisotopic (exact) mass is 447 g/mol. The van der Waals surface area contributed by atoms with Crippen molar-refractivity contribution in [3.05, 3.63) is 58.7 Å². The standard InChI is InChI=1S/C22H23F2N3O5/c1-12-11-14(3-5-16(12)23)26-21(29)15-4-6-17(24)19-18(7-9-31-20(15)19)27-22(30)32-10-8-25-13(2)28/h3-6,11,18H,7-10H2,1-2H3,(H,25,28)(H,26,29)(H,27,30)/t18-/m0/s1. The minimum absolute atomic E-state index is 0.0242. The van der Waals surface area contributed by atoms with Gasteiger partial charge in [0.05, 0.1) is 30.3 Å². The van der Waals surface area contributed by atoms with Gasteiger partial charge in [-0.25, -0.2) is 13.6 Å². The Morgan fingerprint density at radius 3 is 2.62 bits per heavy atom. The van der Waals surface area contributed by atoms with E-state index in [1.54, 1.807) is 6.92 Å². The first-order valence-electron chi connectivity index (χ1n) is 9.96. The number of carbonyl (C=O) groups excluding carboxylic acids is 3. The molecule has 2 aromatic rings. The zero-order valence-corrected chi connectivity index (χ0v) is 17.6. The Hall–Kier alpha value is -3.69. The lowest BCUT2D eigenvalue weighted by molar-refractivity contribution is -0.119. The molecule has 0 spiro atoms. The largest absolute Gasteiger partial charge is 0.492 e. The van der Waals surface area contributed by atoms with Crippen LogP contribution in [0.4, 0.5) is 19.3 Å². The maximum Gasteiger partial charge on any atom is 0.407 e. The second kappa shape index (κ2) is 10.1. The summed E-state index contributed by atoms with van der Waals surface area (Å²) in [5, 5.41) is 7.69. The van der Waals surface area contributed by atoms with Crippen LogP contribution in [0.3, 0.4) is 0 Å². The van der Waals surface area contributed by atoms with Crippen LogP contribution in [-0.4, -0.2) is 37.7 Å². The number of rotatable bonds is 6. The van der Waals surface area contributed by atoms with Gasteiger partial charge in [-0.1, -0.05) is 0 Å². The number of anilines is 1. The van der Waals surface area contributed by atoms with E-state index in [0.29, 0.717) is 11.3 Å². The summed E-state index contributed by atoms with van der Waals surface area (Å²) in [6, 6.07) is 5.76. The smallest absolute Gasteiger partial charge is 0.407 e. The number of fused-ring (bicyclic) bond motifs is 1. The molecule has 0 aliphatic carbocycles. The molecule has 8 nitrogen and oxygen atoms in total. The van der Waals surface area contributed by atoms with Crippen molar-refractivity contribution in [2.24, 2.45) is 0 Å². The molecule has 2 aromatic carbocycles. The number of alkyl carbamates (subject to hydrolysis) is 1. The highest BCUT2D eigenvalue weighted by atomic mass is 19.1. The van der Waals surface area contributed by atoms with Gasteiger partial charge in [0.15, 0.2) is 0 Å². The second-order valence-electron chi connectivity index (χ2n) is 7.21. The molecule has 1 aliphatic heterocycles. The van der Waals surface area contributed by atoms with Gasteiger partial charge in [-0.2, -0.15) is 0 Å². The molecule has 0 saturated heterocycles. The fourth-order valence-corrected chi connectivity index (χ4v) is 3.28. The van der Waals surface area contributed by atoms with Gasteiger partial charge in [0.1, 0.15) is 24.0 Å². The highest BCUT2D eigenvalue weighted by Crippen LogP contribution is 2.37. The quantitative estimate of drug-likeness (QED) is 0.590. The van der Waals surface area contributed by atoms with Crippen molar-refractivity contribution in [1.29, 1.82) is 0 Å². The lowest BCUT2D eigenvalue weighted by Gasteiger charge is -2.28.